The van der Waals surface area contributed by atoms with Crippen LogP contribution in [0.4, 0.5) is 0 Å². The maximum absolute atomic E-state index is 12.8. The van der Waals surface area contributed by atoms with Crippen molar-refractivity contribution in [1.82, 2.24) is 0 Å². The molecule has 0 rings (SSSR count). The molecule has 33 heavy (non-hydrogen) atoms. The average molecular weight is 469 g/mol. The summed E-state index contributed by atoms with van der Waals surface area (Å²) in [5.41, 5.74) is -2.38. The van der Waals surface area contributed by atoms with Crippen LogP contribution < -0.4 is 0 Å². The number of hydrogen-bond donors (Lipinski definition) is 2. The van der Waals surface area contributed by atoms with Gasteiger partial charge in [-0.05, 0) is 26.2 Å². The minimum absolute atomic E-state index is 0.465. The fourth-order valence-corrected chi connectivity index (χ4v) is 5.35. The molecule has 0 radical (unpaired) electrons. The first kappa shape index (κ1) is 31.9. The molecule has 196 valence electrons. The molecular weight excluding hydrogens is 412 g/mol. The quantitative estimate of drug-likeness (QED) is 0.138. The number of hydrogen-bond acceptors (Lipinski definition) is 2. The van der Waals surface area contributed by atoms with Crippen molar-refractivity contribution in [3.05, 3.63) is 0 Å². The van der Waals surface area contributed by atoms with E-state index >= 15 is 0 Å². The molecule has 0 fully saturated rings. The molecule has 0 aliphatic rings. The molecule has 0 aromatic heterocycles. The Balaban J connectivity index is 5.38. The van der Waals surface area contributed by atoms with Gasteiger partial charge in [-0.15, -0.1) is 0 Å². The van der Waals surface area contributed by atoms with E-state index in [4.69, 9.17) is 0 Å². The van der Waals surface area contributed by atoms with E-state index in [0.717, 1.165) is 57.8 Å². The molecule has 0 aromatic rings. The van der Waals surface area contributed by atoms with Crippen molar-refractivity contribution < 1.29 is 19.8 Å². The molecule has 4 nitrogen and oxygen atoms in total. The van der Waals surface area contributed by atoms with Crippen LogP contribution in [-0.4, -0.2) is 22.2 Å². The Hall–Kier alpha value is -1.06. The predicted molar refractivity (Wildman–Crippen MR) is 140 cm³/mol. The lowest BCUT2D eigenvalue weighted by atomic mass is 9.57. The molecule has 4 heteroatoms. The number of rotatable bonds is 24. The first-order chi connectivity index (χ1) is 15.8. The molecule has 0 heterocycles. The van der Waals surface area contributed by atoms with Crippen LogP contribution in [0.2, 0.25) is 0 Å². The average Bonchev–Trinajstić information content (AvgIpc) is 2.78. The van der Waals surface area contributed by atoms with Crippen LogP contribution in [0.15, 0.2) is 0 Å². The molecule has 0 saturated heterocycles. The van der Waals surface area contributed by atoms with E-state index in [1.807, 2.05) is 0 Å². The smallest absolute Gasteiger partial charge is 0.310 e. The van der Waals surface area contributed by atoms with Crippen molar-refractivity contribution in [2.24, 2.45) is 10.8 Å². The first-order valence-electron chi connectivity index (χ1n) is 14.3. The fraction of sp³-hybridized carbons (Fsp3) is 0.931. The molecule has 2 N–H and O–H groups in total. The second-order valence-electron chi connectivity index (χ2n) is 10.6. The summed E-state index contributed by atoms with van der Waals surface area (Å²) < 4.78 is 0. The summed E-state index contributed by atoms with van der Waals surface area (Å²) in [6, 6.07) is 0. The lowest BCUT2D eigenvalue weighted by molar-refractivity contribution is -0.176. The van der Waals surface area contributed by atoms with E-state index < -0.39 is 22.8 Å². The van der Waals surface area contributed by atoms with Gasteiger partial charge in [0.1, 0.15) is 0 Å². The van der Waals surface area contributed by atoms with Crippen LogP contribution in [0.5, 0.6) is 0 Å². The van der Waals surface area contributed by atoms with Gasteiger partial charge in [0.05, 0.1) is 10.8 Å². The van der Waals surface area contributed by atoms with E-state index in [9.17, 15) is 19.8 Å². The molecule has 0 aromatic carbocycles. The Morgan fingerprint density at radius 1 is 0.485 bits per heavy atom. The Labute approximate surface area is 205 Å². The van der Waals surface area contributed by atoms with Crippen molar-refractivity contribution in [2.45, 2.75) is 163 Å². The standard InChI is InChI=1S/C29H56O4/c1-5-8-11-14-17-20-23-28(4,26(30)31)29(27(32)33,24-21-18-15-12-9-6-2)25-22-19-16-13-10-7-3/h5-25H2,1-4H3,(H,30,31)(H,32,33). The molecular formula is C29H56O4. The van der Waals surface area contributed by atoms with Gasteiger partial charge in [0, 0.05) is 0 Å². The van der Waals surface area contributed by atoms with Crippen LogP contribution >= 0.6 is 0 Å². The monoisotopic (exact) mass is 468 g/mol. The van der Waals surface area contributed by atoms with E-state index in [2.05, 4.69) is 20.8 Å². The van der Waals surface area contributed by atoms with Crippen molar-refractivity contribution in [3.63, 3.8) is 0 Å². The maximum atomic E-state index is 12.8. The highest BCUT2D eigenvalue weighted by atomic mass is 16.4. The van der Waals surface area contributed by atoms with Gasteiger partial charge in [-0.2, -0.15) is 0 Å². The molecule has 0 spiro atoms. The summed E-state index contributed by atoms with van der Waals surface area (Å²) in [4.78, 5) is 25.4. The number of unbranched alkanes of at least 4 members (excludes halogenated alkanes) is 15. The highest BCUT2D eigenvalue weighted by Gasteiger charge is 2.57. The third kappa shape index (κ3) is 11.8. The number of carboxylic acids is 2. The van der Waals surface area contributed by atoms with Gasteiger partial charge in [-0.1, -0.05) is 136 Å². The van der Waals surface area contributed by atoms with E-state index in [1.54, 1.807) is 6.92 Å². The van der Waals surface area contributed by atoms with Crippen LogP contribution in [-0.2, 0) is 9.59 Å². The summed E-state index contributed by atoms with van der Waals surface area (Å²) in [5, 5.41) is 20.8. The summed E-state index contributed by atoms with van der Waals surface area (Å²) in [5.74, 6) is -1.81. The Morgan fingerprint density at radius 3 is 1.09 bits per heavy atom. The van der Waals surface area contributed by atoms with Gasteiger partial charge in [-0.25, -0.2) is 0 Å². The van der Waals surface area contributed by atoms with Crippen LogP contribution in [0.25, 0.3) is 0 Å². The van der Waals surface area contributed by atoms with Gasteiger partial charge in [0.2, 0.25) is 0 Å². The third-order valence-electron chi connectivity index (χ3n) is 7.88. The number of carbonyl (C=O) groups is 2. The van der Waals surface area contributed by atoms with Crippen LogP contribution in [0.3, 0.4) is 0 Å². The minimum atomic E-state index is -1.21. The molecule has 1 atom stereocenters. The fourth-order valence-electron chi connectivity index (χ4n) is 5.35. The highest BCUT2D eigenvalue weighted by molar-refractivity contribution is 5.86. The molecule has 0 saturated carbocycles. The van der Waals surface area contributed by atoms with Crippen molar-refractivity contribution in [2.75, 3.05) is 0 Å². The van der Waals surface area contributed by atoms with Gasteiger partial charge >= 0.3 is 11.9 Å². The zero-order valence-corrected chi connectivity index (χ0v) is 22.6. The lowest BCUT2D eigenvalue weighted by Crippen LogP contribution is -2.51. The van der Waals surface area contributed by atoms with E-state index in [-0.39, 0.29) is 0 Å². The van der Waals surface area contributed by atoms with Crippen molar-refractivity contribution >= 4 is 11.9 Å². The second kappa shape index (κ2) is 19.3. The largest absolute Gasteiger partial charge is 0.481 e. The second-order valence-corrected chi connectivity index (χ2v) is 10.6. The SMILES string of the molecule is CCCCCCCCC(C)(C(=O)O)C(CCCCCCCC)(CCCCCCCC)C(=O)O. The highest BCUT2D eigenvalue weighted by Crippen LogP contribution is 2.51. The number of carboxylic acid groups (broad SMARTS) is 2. The maximum Gasteiger partial charge on any atom is 0.310 e. The topological polar surface area (TPSA) is 74.6 Å². The van der Waals surface area contributed by atoms with Crippen LogP contribution in [0.1, 0.15) is 163 Å². The van der Waals surface area contributed by atoms with E-state index in [0.29, 0.717) is 19.3 Å². The van der Waals surface area contributed by atoms with Crippen molar-refractivity contribution in [3.8, 4) is 0 Å². The molecule has 1 unspecified atom stereocenters. The summed E-state index contributed by atoms with van der Waals surface area (Å²) in [7, 11) is 0. The lowest BCUT2D eigenvalue weighted by Gasteiger charge is -2.43. The molecule has 0 aliphatic heterocycles. The molecule has 0 amide bonds. The Morgan fingerprint density at radius 2 is 0.788 bits per heavy atom. The van der Waals surface area contributed by atoms with E-state index in [1.165, 1.54) is 57.8 Å². The summed E-state index contributed by atoms with van der Waals surface area (Å²) in [6.07, 6.45) is 20.9. The van der Waals surface area contributed by atoms with Gasteiger partial charge < -0.3 is 10.2 Å². The third-order valence-corrected chi connectivity index (χ3v) is 7.88. The zero-order valence-electron chi connectivity index (χ0n) is 22.6. The number of aliphatic carboxylic acids is 2. The van der Waals surface area contributed by atoms with Gasteiger partial charge in [0.15, 0.2) is 0 Å². The Kier molecular flexibility index (Phi) is 18.6. The van der Waals surface area contributed by atoms with Gasteiger partial charge in [0.25, 0.3) is 0 Å². The molecule has 0 bridgehead atoms. The summed E-state index contributed by atoms with van der Waals surface area (Å²) in [6.45, 7) is 8.31. The van der Waals surface area contributed by atoms with Gasteiger partial charge in [-0.3, -0.25) is 9.59 Å². The minimum Gasteiger partial charge on any atom is -0.481 e. The molecule has 0 aliphatic carbocycles. The summed E-state index contributed by atoms with van der Waals surface area (Å²) >= 11 is 0. The first-order valence-corrected chi connectivity index (χ1v) is 14.3. The van der Waals surface area contributed by atoms with Crippen molar-refractivity contribution in [1.29, 1.82) is 0 Å². The predicted octanol–water partition coefficient (Wildman–Crippen LogP) is 9.40. The normalized spacial score (nSPS) is 13.7. The zero-order chi connectivity index (χ0) is 25.0. The van der Waals surface area contributed by atoms with Crippen LogP contribution in [0, 0.1) is 10.8 Å². The Bertz CT molecular complexity index is 486.